The maximum absolute atomic E-state index is 12.8. The molecule has 2 rings (SSSR count). The van der Waals surface area contributed by atoms with Crippen molar-refractivity contribution < 1.29 is 27.8 Å². The maximum atomic E-state index is 12.8. The van der Waals surface area contributed by atoms with E-state index < -0.39 is 17.7 Å². The minimum Gasteiger partial charge on any atom is -0.496 e. The number of ether oxygens (including phenoxy) is 1. The van der Waals surface area contributed by atoms with Gasteiger partial charge in [0.1, 0.15) is 5.75 Å². The van der Waals surface area contributed by atoms with E-state index in [9.17, 15) is 18.0 Å². The molecule has 7 heteroatoms. The summed E-state index contributed by atoms with van der Waals surface area (Å²) in [6.45, 7) is 0. The van der Waals surface area contributed by atoms with Gasteiger partial charge in [0.05, 0.1) is 18.2 Å². The molecule has 0 aliphatic carbocycles. The second-order valence-electron chi connectivity index (χ2n) is 4.14. The molecule has 1 aromatic heterocycles. The lowest BCUT2D eigenvalue weighted by atomic mass is 9.98. The summed E-state index contributed by atoms with van der Waals surface area (Å²) in [7, 11) is 1.30. The van der Waals surface area contributed by atoms with E-state index in [2.05, 4.69) is 4.98 Å². The minimum absolute atomic E-state index is 0.0483. The number of carbonyl (C=O) groups is 1. The molecule has 110 valence electrons. The predicted molar refractivity (Wildman–Crippen MR) is 68.2 cm³/mol. The van der Waals surface area contributed by atoms with Gasteiger partial charge < -0.3 is 9.84 Å². The van der Waals surface area contributed by atoms with Crippen molar-refractivity contribution in [2.75, 3.05) is 7.11 Å². The Morgan fingerprint density at radius 1 is 1.24 bits per heavy atom. The van der Waals surface area contributed by atoms with Crippen molar-refractivity contribution in [1.29, 1.82) is 0 Å². The van der Waals surface area contributed by atoms with Crippen molar-refractivity contribution in [2.24, 2.45) is 0 Å². The average molecular weight is 297 g/mol. The van der Waals surface area contributed by atoms with E-state index in [1.165, 1.54) is 19.4 Å². The van der Waals surface area contributed by atoms with Gasteiger partial charge in [0, 0.05) is 23.5 Å². The van der Waals surface area contributed by atoms with Crippen molar-refractivity contribution >= 4 is 5.97 Å². The molecule has 0 saturated carbocycles. The number of nitrogens with zero attached hydrogens (tertiary/aromatic N) is 1. The molecule has 0 unspecified atom stereocenters. The van der Waals surface area contributed by atoms with Crippen LogP contribution in [0.3, 0.4) is 0 Å². The predicted octanol–water partition coefficient (Wildman–Crippen LogP) is 3.47. The lowest BCUT2D eigenvalue weighted by Crippen LogP contribution is -2.06. The number of benzene rings is 1. The van der Waals surface area contributed by atoms with Crippen LogP contribution in [0.4, 0.5) is 13.2 Å². The molecule has 0 saturated heterocycles. The first-order valence-electron chi connectivity index (χ1n) is 5.77. The number of aromatic carboxylic acids is 1. The summed E-state index contributed by atoms with van der Waals surface area (Å²) in [5.74, 6) is -1.13. The largest absolute Gasteiger partial charge is 0.496 e. The van der Waals surface area contributed by atoms with Crippen LogP contribution in [0.2, 0.25) is 0 Å². The summed E-state index contributed by atoms with van der Waals surface area (Å²) >= 11 is 0. The number of carboxylic acids is 1. The van der Waals surface area contributed by atoms with E-state index in [1.807, 2.05) is 0 Å². The Balaban J connectivity index is 2.70. The van der Waals surface area contributed by atoms with Crippen molar-refractivity contribution in [2.45, 2.75) is 6.18 Å². The zero-order chi connectivity index (χ0) is 15.6. The van der Waals surface area contributed by atoms with Gasteiger partial charge in [0.25, 0.3) is 0 Å². The maximum Gasteiger partial charge on any atom is 0.416 e. The standard InChI is InChI=1S/C14H10F3NO3/c1-21-12-3-2-8(14(15,16)17)6-10(12)9-4-5-18-7-11(9)13(19)20/h2-7H,1H3,(H,19,20). The van der Waals surface area contributed by atoms with Gasteiger partial charge in [-0.1, -0.05) is 0 Å². The smallest absolute Gasteiger partial charge is 0.416 e. The Bertz CT molecular complexity index is 683. The van der Waals surface area contributed by atoms with Crippen LogP contribution in [-0.2, 0) is 6.18 Å². The van der Waals surface area contributed by atoms with Gasteiger partial charge in [-0.2, -0.15) is 13.2 Å². The molecule has 0 aliphatic rings. The fraction of sp³-hybridized carbons (Fsp3) is 0.143. The Kier molecular flexibility index (Phi) is 3.84. The molecule has 0 aliphatic heterocycles. The van der Waals surface area contributed by atoms with Crippen LogP contribution in [0.5, 0.6) is 5.75 Å². The summed E-state index contributed by atoms with van der Waals surface area (Å²) in [6, 6.07) is 4.23. The highest BCUT2D eigenvalue weighted by Crippen LogP contribution is 2.38. The average Bonchev–Trinajstić information content (AvgIpc) is 2.45. The number of rotatable bonds is 3. The molecule has 1 N–H and O–H groups in total. The number of hydrogen-bond acceptors (Lipinski definition) is 3. The number of alkyl halides is 3. The zero-order valence-electron chi connectivity index (χ0n) is 10.8. The van der Waals surface area contributed by atoms with Crippen LogP contribution in [0.15, 0.2) is 36.7 Å². The van der Waals surface area contributed by atoms with Gasteiger partial charge in [-0.05, 0) is 24.3 Å². The monoisotopic (exact) mass is 297 g/mol. The van der Waals surface area contributed by atoms with Crippen molar-refractivity contribution in [1.82, 2.24) is 4.98 Å². The van der Waals surface area contributed by atoms with Gasteiger partial charge >= 0.3 is 12.1 Å². The van der Waals surface area contributed by atoms with Crippen LogP contribution in [0.25, 0.3) is 11.1 Å². The lowest BCUT2D eigenvalue weighted by molar-refractivity contribution is -0.137. The third-order valence-corrected chi connectivity index (χ3v) is 2.87. The number of aromatic nitrogens is 1. The number of halogens is 3. The van der Waals surface area contributed by atoms with E-state index in [4.69, 9.17) is 9.84 Å². The molecule has 21 heavy (non-hydrogen) atoms. The summed E-state index contributed by atoms with van der Waals surface area (Å²) in [5.41, 5.74) is -0.922. The normalized spacial score (nSPS) is 11.2. The van der Waals surface area contributed by atoms with Crippen LogP contribution >= 0.6 is 0 Å². The Hall–Kier alpha value is -2.57. The topological polar surface area (TPSA) is 59.4 Å². The second kappa shape index (κ2) is 5.43. The van der Waals surface area contributed by atoms with Gasteiger partial charge in [-0.3, -0.25) is 4.98 Å². The first kappa shape index (κ1) is 14.8. The van der Waals surface area contributed by atoms with Crippen molar-refractivity contribution in [3.63, 3.8) is 0 Å². The third kappa shape index (κ3) is 2.96. The van der Waals surface area contributed by atoms with E-state index >= 15 is 0 Å². The highest BCUT2D eigenvalue weighted by atomic mass is 19.4. The van der Waals surface area contributed by atoms with Crippen molar-refractivity contribution in [3.8, 4) is 16.9 Å². The van der Waals surface area contributed by atoms with Crippen LogP contribution < -0.4 is 4.74 Å². The fourth-order valence-electron chi connectivity index (χ4n) is 1.89. The van der Waals surface area contributed by atoms with E-state index in [1.54, 1.807) is 0 Å². The van der Waals surface area contributed by atoms with Gasteiger partial charge in [0.15, 0.2) is 0 Å². The molecule has 2 aromatic rings. The van der Waals surface area contributed by atoms with Crippen LogP contribution in [0, 0.1) is 0 Å². The molecule has 0 fully saturated rings. The van der Waals surface area contributed by atoms with Gasteiger partial charge in [0.2, 0.25) is 0 Å². The molecule has 1 aromatic carbocycles. The molecular formula is C14H10F3NO3. The third-order valence-electron chi connectivity index (χ3n) is 2.87. The SMILES string of the molecule is COc1ccc(C(F)(F)F)cc1-c1ccncc1C(=O)O. The van der Waals surface area contributed by atoms with Gasteiger partial charge in [-0.15, -0.1) is 0 Å². The van der Waals surface area contributed by atoms with E-state index in [0.717, 1.165) is 24.4 Å². The zero-order valence-corrected chi connectivity index (χ0v) is 10.8. The lowest BCUT2D eigenvalue weighted by Gasteiger charge is -2.14. The van der Waals surface area contributed by atoms with E-state index in [-0.39, 0.29) is 22.4 Å². The van der Waals surface area contributed by atoms with Gasteiger partial charge in [-0.25, -0.2) is 4.79 Å². The molecular weight excluding hydrogens is 287 g/mol. The highest BCUT2D eigenvalue weighted by molar-refractivity contribution is 5.96. The number of methoxy groups -OCH3 is 1. The molecule has 1 heterocycles. The first-order valence-corrected chi connectivity index (χ1v) is 5.77. The number of carboxylic acid groups (broad SMARTS) is 1. The molecule has 0 bridgehead atoms. The summed E-state index contributed by atoms with van der Waals surface area (Å²) in [6.07, 6.45) is -2.14. The molecule has 4 nitrogen and oxygen atoms in total. The van der Waals surface area contributed by atoms with E-state index in [0.29, 0.717) is 0 Å². The molecule has 0 spiro atoms. The number of hydrogen-bond donors (Lipinski definition) is 1. The fourth-order valence-corrected chi connectivity index (χ4v) is 1.89. The van der Waals surface area contributed by atoms with Crippen LogP contribution in [-0.4, -0.2) is 23.2 Å². The molecule has 0 amide bonds. The minimum atomic E-state index is -4.53. The quantitative estimate of drug-likeness (QED) is 0.942. The first-order chi connectivity index (χ1) is 9.84. The summed E-state index contributed by atoms with van der Waals surface area (Å²) < 4.78 is 43.4. The Labute approximate surface area is 117 Å². The summed E-state index contributed by atoms with van der Waals surface area (Å²) in [5, 5.41) is 9.12. The van der Waals surface area contributed by atoms with Crippen molar-refractivity contribution in [3.05, 3.63) is 47.8 Å². The summed E-state index contributed by atoms with van der Waals surface area (Å²) in [4.78, 5) is 14.8. The highest BCUT2D eigenvalue weighted by Gasteiger charge is 2.31. The molecule has 0 atom stereocenters. The Morgan fingerprint density at radius 2 is 1.95 bits per heavy atom. The van der Waals surface area contributed by atoms with Crippen LogP contribution in [0.1, 0.15) is 15.9 Å². The number of pyridine rings is 1. The second-order valence-corrected chi connectivity index (χ2v) is 4.14. The Morgan fingerprint density at radius 3 is 2.52 bits per heavy atom. The molecule has 0 radical (unpaired) electrons.